The van der Waals surface area contributed by atoms with Gasteiger partial charge in [-0.1, -0.05) is 24.3 Å². The fraction of sp³-hybridized carbons (Fsp3) is 0. The van der Waals surface area contributed by atoms with Crippen molar-refractivity contribution in [2.24, 2.45) is 0 Å². The van der Waals surface area contributed by atoms with Crippen molar-refractivity contribution in [1.82, 2.24) is 14.6 Å². The minimum absolute atomic E-state index is 0.567. The van der Waals surface area contributed by atoms with Gasteiger partial charge in [-0.05, 0) is 30.3 Å². The second kappa shape index (κ2) is 4.79. The molecule has 21 heavy (non-hydrogen) atoms. The van der Waals surface area contributed by atoms with E-state index in [0.29, 0.717) is 5.95 Å². The highest BCUT2D eigenvalue weighted by Crippen LogP contribution is 2.22. The molecule has 1 N–H and O–H groups in total. The molecular formula is C16H12N4O. The van der Waals surface area contributed by atoms with Gasteiger partial charge in [-0.15, -0.1) is 5.10 Å². The Balaban J connectivity index is 1.78. The van der Waals surface area contributed by atoms with Crippen LogP contribution < -0.4 is 5.32 Å². The molecule has 3 heterocycles. The van der Waals surface area contributed by atoms with Crippen LogP contribution in [-0.2, 0) is 0 Å². The predicted octanol–water partition coefficient (Wildman–Crippen LogP) is 3.73. The highest BCUT2D eigenvalue weighted by atomic mass is 16.3. The molecule has 0 fully saturated rings. The van der Waals surface area contributed by atoms with Crippen molar-refractivity contribution in [2.45, 2.75) is 0 Å². The number of hydrogen-bond acceptors (Lipinski definition) is 4. The van der Waals surface area contributed by atoms with Gasteiger partial charge in [0.25, 0.3) is 0 Å². The number of anilines is 2. The summed E-state index contributed by atoms with van der Waals surface area (Å²) in [5.74, 6) is 0.567. The van der Waals surface area contributed by atoms with Crippen LogP contribution in [0.1, 0.15) is 0 Å². The van der Waals surface area contributed by atoms with Crippen molar-refractivity contribution in [1.29, 1.82) is 0 Å². The highest BCUT2D eigenvalue weighted by Gasteiger charge is 2.09. The summed E-state index contributed by atoms with van der Waals surface area (Å²) in [6, 6.07) is 17.6. The average molecular weight is 276 g/mol. The van der Waals surface area contributed by atoms with Crippen molar-refractivity contribution >= 4 is 17.3 Å². The summed E-state index contributed by atoms with van der Waals surface area (Å²) in [7, 11) is 0. The van der Waals surface area contributed by atoms with Gasteiger partial charge in [0.2, 0.25) is 5.95 Å². The highest BCUT2D eigenvalue weighted by molar-refractivity contribution is 5.63. The number of rotatable bonds is 3. The number of hydrogen-bond donors (Lipinski definition) is 1. The first kappa shape index (κ1) is 11.7. The van der Waals surface area contributed by atoms with Crippen molar-refractivity contribution in [2.75, 3.05) is 5.32 Å². The SMILES string of the molecule is c1ccc(Nc2nc3cccc(-c4ccoc4)n3n2)cc1. The molecule has 5 nitrogen and oxygen atoms in total. The van der Waals surface area contributed by atoms with Crippen LogP contribution in [0.15, 0.2) is 71.5 Å². The molecule has 0 aliphatic carbocycles. The molecule has 0 amide bonds. The van der Waals surface area contributed by atoms with Crippen LogP contribution in [0.25, 0.3) is 16.9 Å². The van der Waals surface area contributed by atoms with Crippen molar-refractivity contribution in [3.8, 4) is 11.3 Å². The first-order chi connectivity index (χ1) is 10.4. The normalized spacial score (nSPS) is 10.9. The van der Waals surface area contributed by atoms with E-state index in [1.54, 1.807) is 17.0 Å². The maximum Gasteiger partial charge on any atom is 0.247 e. The molecule has 0 atom stereocenters. The quantitative estimate of drug-likeness (QED) is 0.619. The van der Waals surface area contributed by atoms with Gasteiger partial charge < -0.3 is 9.73 Å². The van der Waals surface area contributed by atoms with E-state index in [2.05, 4.69) is 15.4 Å². The maximum absolute atomic E-state index is 5.14. The van der Waals surface area contributed by atoms with Crippen LogP contribution in [-0.4, -0.2) is 14.6 Å². The lowest BCUT2D eigenvalue weighted by atomic mass is 10.2. The molecule has 4 rings (SSSR count). The molecule has 0 aliphatic heterocycles. The number of benzene rings is 1. The Morgan fingerprint density at radius 2 is 1.86 bits per heavy atom. The number of fused-ring (bicyclic) bond motifs is 1. The summed E-state index contributed by atoms with van der Waals surface area (Å²) in [4.78, 5) is 4.49. The van der Waals surface area contributed by atoms with Crippen LogP contribution in [0.5, 0.6) is 0 Å². The van der Waals surface area contributed by atoms with Crippen LogP contribution in [0, 0.1) is 0 Å². The first-order valence-corrected chi connectivity index (χ1v) is 6.60. The number of nitrogens with one attached hydrogen (secondary N) is 1. The molecule has 0 saturated carbocycles. The summed E-state index contributed by atoms with van der Waals surface area (Å²) >= 11 is 0. The minimum Gasteiger partial charge on any atom is -0.472 e. The van der Waals surface area contributed by atoms with Gasteiger partial charge >= 0.3 is 0 Å². The van der Waals surface area contributed by atoms with Gasteiger partial charge in [0.05, 0.1) is 18.2 Å². The van der Waals surface area contributed by atoms with E-state index in [4.69, 9.17) is 4.42 Å². The van der Waals surface area contributed by atoms with E-state index >= 15 is 0 Å². The minimum atomic E-state index is 0.567. The third kappa shape index (κ3) is 2.14. The van der Waals surface area contributed by atoms with E-state index < -0.39 is 0 Å². The third-order valence-corrected chi connectivity index (χ3v) is 3.21. The molecule has 102 valence electrons. The molecule has 0 spiro atoms. The van der Waals surface area contributed by atoms with E-state index in [0.717, 1.165) is 22.6 Å². The Bertz CT molecular complexity index is 866. The Morgan fingerprint density at radius 3 is 2.67 bits per heavy atom. The van der Waals surface area contributed by atoms with E-state index in [-0.39, 0.29) is 0 Å². The van der Waals surface area contributed by atoms with Crippen LogP contribution >= 0.6 is 0 Å². The number of aromatic nitrogens is 3. The molecule has 0 radical (unpaired) electrons. The predicted molar refractivity (Wildman–Crippen MR) is 80.4 cm³/mol. The molecule has 0 aliphatic rings. The lowest BCUT2D eigenvalue weighted by molar-refractivity contribution is 0.568. The second-order valence-corrected chi connectivity index (χ2v) is 4.62. The molecule has 4 aromatic rings. The number of furan rings is 1. The third-order valence-electron chi connectivity index (χ3n) is 3.21. The Hall–Kier alpha value is -3.08. The topological polar surface area (TPSA) is 55.4 Å². The summed E-state index contributed by atoms with van der Waals surface area (Å²) in [5, 5.41) is 7.72. The van der Waals surface area contributed by atoms with Gasteiger partial charge in [-0.2, -0.15) is 4.98 Å². The number of nitrogens with zero attached hydrogens (tertiary/aromatic N) is 3. The number of pyridine rings is 1. The molecule has 0 unspecified atom stereocenters. The molecule has 1 aromatic carbocycles. The van der Waals surface area contributed by atoms with Crippen molar-refractivity contribution in [3.63, 3.8) is 0 Å². The average Bonchev–Trinajstić information content (AvgIpc) is 3.16. The maximum atomic E-state index is 5.14. The molecule has 0 saturated heterocycles. The summed E-state index contributed by atoms with van der Waals surface area (Å²) < 4.78 is 6.94. The van der Waals surface area contributed by atoms with Gasteiger partial charge in [0.15, 0.2) is 5.65 Å². The molecule has 3 aromatic heterocycles. The van der Waals surface area contributed by atoms with Gasteiger partial charge in [-0.3, -0.25) is 0 Å². The largest absolute Gasteiger partial charge is 0.472 e. The fourth-order valence-electron chi connectivity index (χ4n) is 2.24. The zero-order chi connectivity index (χ0) is 14.1. The summed E-state index contributed by atoms with van der Waals surface area (Å²) in [6.07, 6.45) is 3.34. The molecule has 0 bridgehead atoms. The van der Waals surface area contributed by atoms with E-state index in [1.165, 1.54) is 0 Å². The van der Waals surface area contributed by atoms with Crippen LogP contribution in [0.4, 0.5) is 11.6 Å². The van der Waals surface area contributed by atoms with Crippen LogP contribution in [0.2, 0.25) is 0 Å². The Morgan fingerprint density at radius 1 is 0.952 bits per heavy atom. The fourth-order valence-corrected chi connectivity index (χ4v) is 2.24. The first-order valence-electron chi connectivity index (χ1n) is 6.60. The zero-order valence-electron chi connectivity index (χ0n) is 11.1. The summed E-state index contributed by atoms with van der Waals surface area (Å²) in [5.41, 5.74) is 3.65. The lowest BCUT2D eigenvalue weighted by Crippen LogP contribution is -1.94. The van der Waals surface area contributed by atoms with E-state index in [1.807, 2.05) is 54.6 Å². The van der Waals surface area contributed by atoms with Crippen molar-refractivity contribution < 1.29 is 4.42 Å². The Kier molecular flexibility index (Phi) is 2.67. The number of para-hydroxylation sites is 1. The van der Waals surface area contributed by atoms with Gasteiger partial charge in [-0.25, -0.2) is 4.52 Å². The van der Waals surface area contributed by atoms with Gasteiger partial charge in [0.1, 0.15) is 0 Å². The zero-order valence-corrected chi connectivity index (χ0v) is 11.1. The molecule has 5 heteroatoms. The smallest absolute Gasteiger partial charge is 0.247 e. The molecular weight excluding hydrogens is 264 g/mol. The second-order valence-electron chi connectivity index (χ2n) is 4.62. The monoisotopic (exact) mass is 276 g/mol. The van der Waals surface area contributed by atoms with Crippen molar-refractivity contribution in [3.05, 3.63) is 67.1 Å². The Labute approximate surface area is 120 Å². The van der Waals surface area contributed by atoms with Gasteiger partial charge in [0, 0.05) is 11.3 Å². The lowest BCUT2D eigenvalue weighted by Gasteiger charge is -2.00. The van der Waals surface area contributed by atoms with E-state index in [9.17, 15) is 0 Å². The van der Waals surface area contributed by atoms with Crippen LogP contribution in [0.3, 0.4) is 0 Å². The standard InChI is InChI=1S/C16H12N4O/c1-2-5-13(6-3-1)17-16-18-15-8-4-7-14(20(15)19-16)12-9-10-21-11-12/h1-11H,(H,17,19). The summed E-state index contributed by atoms with van der Waals surface area (Å²) in [6.45, 7) is 0.